The van der Waals surface area contributed by atoms with Crippen LogP contribution in [0, 0.1) is 10.2 Å². The summed E-state index contributed by atoms with van der Waals surface area (Å²) < 4.78 is 25.6. The number of thioether (sulfide) groups is 1. The number of aromatic amines is 2. The number of ketones is 2. The topological polar surface area (TPSA) is 238 Å². The van der Waals surface area contributed by atoms with Gasteiger partial charge in [-0.3, -0.25) is 19.8 Å². The molecule has 10 rings (SSSR count). The van der Waals surface area contributed by atoms with Crippen LogP contribution in [-0.4, -0.2) is 75.5 Å². The van der Waals surface area contributed by atoms with Gasteiger partial charge in [-0.05, 0) is 72.6 Å². The first-order valence-corrected chi connectivity index (χ1v) is 27.3. The first kappa shape index (κ1) is 66.8. The zero-order valence-electron chi connectivity index (χ0n) is 46.8. The third kappa shape index (κ3) is 18.0. The molecule has 0 aliphatic carbocycles. The van der Waals surface area contributed by atoms with Crippen molar-refractivity contribution in [2.24, 2.45) is 0 Å². The van der Waals surface area contributed by atoms with Crippen molar-refractivity contribution in [3.05, 3.63) is 178 Å². The van der Waals surface area contributed by atoms with Crippen molar-refractivity contribution < 1.29 is 148 Å². The molecule has 17 nitrogen and oxygen atoms in total. The second-order valence-electron chi connectivity index (χ2n) is 17.5. The number of hydrogen-bond donors (Lipinski definition) is 4. The fourth-order valence-electron chi connectivity index (χ4n) is 8.47. The molecule has 4 aromatic heterocycles. The van der Waals surface area contributed by atoms with E-state index in [0.29, 0.717) is 106 Å². The molecule has 0 fully saturated rings. The number of halogens is 1. The maximum atomic E-state index is 12.9. The van der Waals surface area contributed by atoms with E-state index < -0.39 is 0 Å². The molecule has 0 saturated heterocycles. The van der Waals surface area contributed by atoms with E-state index in [-0.39, 0.29) is 122 Å². The molecule has 0 bridgehead atoms. The van der Waals surface area contributed by atoms with Crippen molar-refractivity contribution in [1.29, 1.82) is 5.41 Å². The fraction of sp³-hybridized carbons (Fsp3) is 0.203. The Labute approximate surface area is 572 Å². The first-order chi connectivity index (χ1) is 38.4. The number of para-hydroxylation sites is 2. The van der Waals surface area contributed by atoms with E-state index in [4.69, 9.17) is 57.3 Å². The number of carbonyl (C=O) groups excluding carboxylic acids is 3. The molecule has 6 aromatic carbocycles. The normalized spacial score (nSPS) is 10.4. The third-order valence-electron chi connectivity index (χ3n) is 12.5. The van der Waals surface area contributed by atoms with E-state index >= 15 is 0 Å². The van der Waals surface area contributed by atoms with Crippen LogP contribution in [0.1, 0.15) is 59.2 Å². The third-order valence-corrected chi connectivity index (χ3v) is 14.5. The monoisotopic (exact) mass is 1240 g/mol. The van der Waals surface area contributed by atoms with Gasteiger partial charge in [0.1, 0.15) is 11.3 Å². The number of alkyl halides is 1. The number of nitrogens with zero attached hydrogens (tertiary/aromatic N) is 4. The first-order valence-electron chi connectivity index (χ1n) is 24.8. The summed E-state index contributed by atoms with van der Waals surface area (Å²) in [6.45, 7) is 0.813. The van der Waals surface area contributed by atoms with Crippen LogP contribution < -0.4 is 138 Å². The Morgan fingerprint density at radius 1 is 0.667 bits per heavy atom. The predicted octanol–water partition coefficient (Wildman–Crippen LogP) is 5.62. The number of methoxy groups -OCH3 is 4. The number of aromatic nitrogens is 6. The predicted molar refractivity (Wildman–Crippen MR) is 314 cm³/mol. The van der Waals surface area contributed by atoms with Crippen LogP contribution in [-0.2, 0) is 33.9 Å². The molecule has 0 aliphatic heterocycles. The average Bonchev–Trinajstić information content (AvgIpc) is 4.21. The Balaban J connectivity index is 0.000000288. The van der Waals surface area contributed by atoms with Crippen molar-refractivity contribution in [3.63, 3.8) is 0 Å². The van der Waals surface area contributed by atoms with Crippen molar-refractivity contribution in [2.45, 2.75) is 55.0 Å². The molecule has 10 aromatic rings. The number of rotatable bonds is 19. The van der Waals surface area contributed by atoms with E-state index in [1.807, 2.05) is 108 Å². The van der Waals surface area contributed by atoms with Gasteiger partial charge < -0.3 is 55.4 Å². The van der Waals surface area contributed by atoms with Gasteiger partial charge in [0.05, 0.1) is 50.9 Å². The zero-order valence-corrected chi connectivity index (χ0v) is 55.3. The number of H-pyrrole nitrogens is 2. The van der Waals surface area contributed by atoms with Crippen molar-refractivity contribution in [1.82, 2.24) is 29.1 Å². The Kier molecular flexibility index (Phi) is 28.0. The number of hydrogen-bond acceptors (Lipinski definition) is 15. The van der Waals surface area contributed by atoms with Crippen LogP contribution in [0.4, 0.5) is 5.82 Å². The van der Waals surface area contributed by atoms with Crippen LogP contribution in [0.5, 0.6) is 23.0 Å². The second-order valence-corrected chi connectivity index (χ2v) is 19.3. The molecular formula is C59H59BrK2N8O9S2. The van der Waals surface area contributed by atoms with E-state index in [2.05, 4.69) is 60.0 Å². The van der Waals surface area contributed by atoms with Gasteiger partial charge in [-0.25, -0.2) is 9.97 Å². The van der Waals surface area contributed by atoms with Gasteiger partial charge in [-0.2, -0.15) is 0 Å². The summed E-state index contributed by atoms with van der Waals surface area (Å²) in [4.78, 5) is 52.5. The molecule has 0 saturated carbocycles. The molecule has 0 unspecified atom stereocenters. The minimum atomic E-state index is -0.181. The number of ether oxygens (including phenoxy) is 4. The van der Waals surface area contributed by atoms with Crippen LogP contribution in [0.15, 0.2) is 151 Å². The van der Waals surface area contributed by atoms with E-state index in [1.54, 1.807) is 63.0 Å². The number of fused-ring (bicyclic) bond motifs is 4. The Morgan fingerprint density at radius 3 is 1.56 bits per heavy atom. The van der Waals surface area contributed by atoms with Gasteiger partial charge in [-0.1, -0.05) is 125 Å². The molecule has 81 heavy (non-hydrogen) atoms. The molecule has 22 heteroatoms. The SMILES string of the molecule is BrCc1ccccc1.COc1cc2nc(=S)n(CCCC(=O)c3cc4ccccc4[nH]3)c(N)c2cc1OC.COc1cc2nc(SCc3ccccc3)n(CCCC(=O)c3cc4ccccc4[nH]3)c(=N)c2cc1OC.O=CO[O-].[H-].[K+].[K+]. The summed E-state index contributed by atoms with van der Waals surface area (Å²) in [7, 11) is 6.30. The van der Waals surface area contributed by atoms with E-state index in [0.717, 1.165) is 43.4 Å². The molecule has 0 radical (unpaired) electrons. The second kappa shape index (κ2) is 33.9. The van der Waals surface area contributed by atoms with Crippen molar-refractivity contribution >= 4 is 107 Å². The van der Waals surface area contributed by atoms with Crippen molar-refractivity contribution in [3.8, 4) is 23.0 Å². The summed E-state index contributed by atoms with van der Waals surface area (Å²) >= 11 is 10.4. The standard InChI is InChI=1S/C29H28N4O3S.C22H22N4O3S.C7H7Br.CH2O3.2K.H/c1-35-26-16-21-23(17-27(26)36-2)32-29(37-18-19-9-4-3-5-10-19)33(28(21)30)14-8-13-25(34)24-15-20-11-6-7-12-22(20)31-24;1-28-19-11-14-16(12-20(19)29-2)25-22(30)26(21(14)23)9-5-8-18(27)17-10-13-6-3-4-7-15(13)24-17;8-6-7-4-2-1-3-5-7;2-1-4-3;;;/h3-7,9-12,15-17,30-31H,8,13-14,18H2,1-2H3;3-4,6-7,10-12,24H,5,8-9,23H2,1-2H3;1-5H,6H2;1,3H;;;/q;;;;2*+1;-1/p-1. The minimum Gasteiger partial charge on any atom is -1.00 e. The van der Waals surface area contributed by atoms with Crippen molar-refractivity contribution in [2.75, 3.05) is 34.2 Å². The Bertz CT molecular complexity index is 3770. The van der Waals surface area contributed by atoms with Gasteiger partial charge in [0.2, 0.25) is 4.77 Å². The molecular weight excluding hydrogens is 1190 g/mol. The number of nitrogens with one attached hydrogen (secondary N) is 3. The van der Waals surface area contributed by atoms with Crippen LogP contribution >= 0.6 is 39.9 Å². The van der Waals surface area contributed by atoms with Crippen LogP contribution in [0.3, 0.4) is 0 Å². The quantitative estimate of drug-likeness (QED) is 0.00886. The van der Waals surface area contributed by atoms with Gasteiger partial charge in [0.15, 0.2) is 39.7 Å². The number of nitrogen functional groups attached to an aromatic ring is 1. The summed E-state index contributed by atoms with van der Waals surface area (Å²) in [5.74, 6) is 3.57. The number of carbonyl (C=O) groups is 3. The number of anilines is 1. The Hall–Kier alpha value is -5.03. The minimum absolute atomic E-state index is 0. The average molecular weight is 1250 g/mol. The zero-order chi connectivity index (χ0) is 56.3. The summed E-state index contributed by atoms with van der Waals surface area (Å²) in [5.41, 5.74) is 13.7. The maximum absolute atomic E-state index is 12.9. The van der Waals surface area contributed by atoms with Crippen LogP contribution in [0.2, 0.25) is 0 Å². The van der Waals surface area contributed by atoms with Gasteiger partial charge in [-0.15, -0.1) is 0 Å². The van der Waals surface area contributed by atoms with E-state index in [1.165, 1.54) is 11.1 Å². The molecule has 0 atom stereocenters. The molecule has 0 amide bonds. The van der Waals surface area contributed by atoms with Gasteiger partial charge >= 0.3 is 103 Å². The van der Waals surface area contributed by atoms with Gasteiger partial charge in [0.25, 0.3) is 6.47 Å². The molecule has 0 spiro atoms. The molecule has 5 N–H and O–H groups in total. The number of benzene rings is 6. The molecule has 0 aliphatic rings. The van der Waals surface area contributed by atoms with Crippen LogP contribution in [0.25, 0.3) is 43.6 Å². The molecule has 4 heterocycles. The summed E-state index contributed by atoms with van der Waals surface area (Å²) in [6, 6.07) is 47.1. The smallest absolute Gasteiger partial charge is 1.00 e. The molecule has 410 valence electrons. The Morgan fingerprint density at radius 2 is 1.10 bits per heavy atom. The summed E-state index contributed by atoms with van der Waals surface area (Å²) in [5, 5.41) is 22.6. The van der Waals surface area contributed by atoms with E-state index in [9.17, 15) is 9.59 Å². The largest absolute Gasteiger partial charge is 1.00 e. The summed E-state index contributed by atoms with van der Waals surface area (Å²) in [6.07, 6.45) is 1.92. The number of Topliss-reactive ketones (excluding diaryl/α,β-unsaturated/α-hetero) is 2. The number of nitrogens with two attached hydrogens (primary N) is 1. The van der Waals surface area contributed by atoms with Gasteiger partial charge in [0, 0.05) is 81.7 Å². The maximum Gasteiger partial charge on any atom is 1.00 e. The fourth-order valence-corrected chi connectivity index (χ4v) is 10.1.